The minimum Gasteiger partial charge on any atom is -0.488 e. The van der Waals surface area contributed by atoms with Crippen molar-refractivity contribution in [2.45, 2.75) is 72.6 Å². The minimum atomic E-state index is -0.258. The first-order chi connectivity index (χ1) is 13.0. The van der Waals surface area contributed by atoms with Crippen LogP contribution in [0.4, 0.5) is 0 Å². The molecule has 0 fully saturated rings. The lowest BCUT2D eigenvalue weighted by molar-refractivity contribution is 0.129. The molecule has 0 spiro atoms. The molecule has 0 amide bonds. The first kappa shape index (κ1) is 21.7. The molecule has 7 nitrogen and oxygen atoms in total. The van der Waals surface area contributed by atoms with Crippen LogP contribution in [-0.4, -0.2) is 28.7 Å². The molecule has 154 valence electrons. The number of nitrogens with zero attached hydrogens (tertiary/aromatic N) is 3. The zero-order valence-corrected chi connectivity index (χ0v) is 18.3. The predicted octanol–water partition coefficient (Wildman–Crippen LogP) is 3.72. The SMILES string of the molecule is CN=C(NCc1noc(C(C)(C)C)n1)NCc1ccc(C)cc1OC(C)(C)C. The molecule has 7 heteroatoms. The average Bonchev–Trinajstić information content (AvgIpc) is 3.04. The third-order valence-corrected chi connectivity index (χ3v) is 3.83. The summed E-state index contributed by atoms with van der Waals surface area (Å²) in [6.45, 7) is 15.3. The van der Waals surface area contributed by atoms with Crippen molar-refractivity contribution in [3.63, 3.8) is 0 Å². The van der Waals surface area contributed by atoms with Crippen LogP contribution in [0.5, 0.6) is 5.75 Å². The Morgan fingerprint density at radius 3 is 2.36 bits per heavy atom. The molecule has 0 aliphatic carbocycles. The molecule has 1 heterocycles. The Kier molecular flexibility index (Phi) is 6.69. The van der Waals surface area contributed by atoms with Crippen molar-refractivity contribution in [2.24, 2.45) is 4.99 Å². The molecular weight excluding hydrogens is 354 g/mol. The van der Waals surface area contributed by atoms with Crippen molar-refractivity contribution >= 4 is 5.96 Å². The van der Waals surface area contributed by atoms with Crippen LogP contribution in [0.3, 0.4) is 0 Å². The van der Waals surface area contributed by atoms with E-state index in [2.05, 4.69) is 50.9 Å². The number of guanidine groups is 1. The van der Waals surface area contributed by atoms with Crippen LogP contribution in [0.2, 0.25) is 0 Å². The van der Waals surface area contributed by atoms with Gasteiger partial charge in [0.25, 0.3) is 0 Å². The van der Waals surface area contributed by atoms with Crippen molar-refractivity contribution in [3.8, 4) is 5.75 Å². The van der Waals surface area contributed by atoms with Gasteiger partial charge in [0.2, 0.25) is 5.89 Å². The van der Waals surface area contributed by atoms with Crippen molar-refractivity contribution < 1.29 is 9.26 Å². The highest BCUT2D eigenvalue weighted by atomic mass is 16.5. The van der Waals surface area contributed by atoms with Gasteiger partial charge in [-0.3, -0.25) is 4.99 Å². The summed E-state index contributed by atoms with van der Waals surface area (Å²) in [5.41, 5.74) is 1.81. The summed E-state index contributed by atoms with van der Waals surface area (Å²) >= 11 is 0. The van der Waals surface area contributed by atoms with Gasteiger partial charge in [-0.05, 0) is 39.3 Å². The summed E-state index contributed by atoms with van der Waals surface area (Å²) in [6, 6.07) is 6.22. The molecule has 2 rings (SSSR count). The molecule has 0 radical (unpaired) electrons. The molecule has 0 aliphatic heterocycles. The van der Waals surface area contributed by atoms with Crippen molar-refractivity contribution in [1.82, 2.24) is 20.8 Å². The molecule has 1 aromatic carbocycles. The van der Waals surface area contributed by atoms with Crippen LogP contribution in [0.15, 0.2) is 27.7 Å². The highest BCUT2D eigenvalue weighted by molar-refractivity contribution is 5.79. The number of aliphatic imine (C=N–C) groups is 1. The van der Waals surface area contributed by atoms with Gasteiger partial charge in [-0.25, -0.2) is 0 Å². The smallest absolute Gasteiger partial charge is 0.232 e. The summed E-state index contributed by atoms with van der Waals surface area (Å²) in [5, 5.41) is 10.5. The van der Waals surface area contributed by atoms with Gasteiger partial charge in [0.1, 0.15) is 11.4 Å². The van der Waals surface area contributed by atoms with E-state index in [0.717, 1.165) is 16.9 Å². The van der Waals surface area contributed by atoms with Gasteiger partial charge in [-0.2, -0.15) is 4.98 Å². The molecule has 0 aliphatic rings. The van der Waals surface area contributed by atoms with E-state index in [4.69, 9.17) is 9.26 Å². The van der Waals surface area contributed by atoms with E-state index < -0.39 is 0 Å². The molecule has 2 aromatic rings. The lowest BCUT2D eigenvalue weighted by Crippen LogP contribution is -2.36. The summed E-state index contributed by atoms with van der Waals surface area (Å²) in [6.07, 6.45) is 0. The van der Waals surface area contributed by atoms with Gasteiger partial charge in [0.05, 0.1) is 6.54 Å². The molecule has 0 bridgehead atoms. The van der Waals surface area contributed by atoms with Crippen LogP contribution < -0.4 is 15.4 Å². The molecule has 0 atom stereocenters. The highest BCUT2D eigenvalue weighted by Crippen LogP contribution is 2.24. The molecule has 0 unspecified atom stereocenters. The fraction of sp³-hybridized carbons (Fsp3) is 0.571. The number of benzene rings is 1. The number of hydrogen-bond donors (Lipinski definition) is 2. The van der Waals surface area contributed by atoms with E-state index in [0.29, 0.717) is 30.8 Å². The van der Waals surface area contributed by atoms with E-state index >= 15 is 0 Å². The first-order valence-electron chi connectivity index (χ1n) is 9.54. The van der Waals surface area contributed by atoms with Crippen molar-refractivity contribution in [2.75, 3.05) is 7.05 Å². The summed E-state index contributed by atoms with van der Waals surface area (Å²) < 4.78 is 11.4. The van der Waals surface area contributed by atoms with Gasteiger partial charge in [-0.15, -0.1) is 0 Å². The second kappa shape index (κ2) is 8.63. The average molecular weight is 388 g/mol. The number of rotatable bonds is 5. The normalized spacial score (nSPS) is 12.8. The van der Waals surface area contributed by atoms with Gasteiger partial charge in [0.15, 0.2) is 11.8 Å². The van der Waals surface area contributed by atoms with E-state index in [-0.39, 0.29) is 11.0 Å². The maximum absolute atomic E-state index is 6.11. The zero-order valence-electron chi connectivity index (χ0n) is 18.3. The van der Waals surface area contributed by atoms with E-state index in [1.54, 1.807) is 7.05 Å². The standard InChI is InChI=1S/C21H33N5O2/c1-14-9-10-15(16(11-14)27-21(5,6)7)12-23-19(22-8)24-13-17-25-18(28-26-17)20(2,3)4/h9-11H,12-13H2,1-8H3,(H2,22,23,24). The Labute approximate surface area is 168 Å². The van der Waals surface area contributed by atoms with E-state index in [9.17, 15) is 0 Å². The van der Waals surface area contributed by atoms with Crippen molar-refractivity contribution in [1.29, 1.82) is 0 Å². The van der Waals surface area contributed by atoms with Crippen molar-refractivity contribution in [3.05, 3.63) is 41.0 Å². The number of aryl methyl sites for hydroxylation is 1. The lowest BCUT2D eigenvalue weighted by Gasteiger charge is -2.24. The largest absolute Gasteiger partial charge is 0.488 e. The second-order valence-electron chi connectivity index (χ2n) is 8.87. The number of hydrogen-bond acceptors (Lipinski definition) is 5. The third kappa shape index (κ3) is 6.55. The Morgan fingerprint density at radius 2 is 1.79 bits per heavy atom. The van der Waals surface area contributed by atoms with Crippen LogP contribution in [0.25, 0.3) is 0 Å². The van der Waals surface area contributed by atoms with Crippen LogP contribution in [0.1, 0.15) is 64.4 Å². The van der Waals surface area contributed by atoms with Gasteiger partial charge < -0.3 is 19.9 Å². The van der Waals surface area contributed by atoms with Gasteiger partial charge in [-0.1, -0.05) is 38.1 Å². The Bertz CT molecular complexity index is 813. The second-order valence-corrected chi connectivity index (χ2v) is 8.87. The lowest BCUT2D eigenvalue weighted by atomic mass is 9.97. The van der Waals surface area contributed by atoms with Crippen LogP contribution in [0, 0.1) is 6.92 Å². The number of aromatic nitrogens is 2. The first-order valence-corrected chi connectivity index (χ1v) is 9.54. The zero-order chi connectivity index (χ0) is 20.9. The quantitative estimate of drug-likeness (QED) is 0.601. The topological polar surface area (TPSA) is 84.6 Å². The van der Waals surface area contributed by atoms with Crippen LogP contribution in [-0.2, 0) is 18.5 Å². The van der Waals surface area contributed by atoms with Gasteiger partial charge >= 0.3 is 0 Å². The molecule has 1 aromatic heterocycles. The Balaban J connectivity index is 1.98. The summed E-state index contributed by atoms with van der Waals surface area (Å²) in [4.78, 5) is 8.69. The Hall–Kier alpha value is -2.57. The minimum absolute atomic E-state index is 0.167. The molecular formula is C21H33N5O2. The fourth-order valence-electron chi connectivity index (χ4n) is 2.43. The molecule has 28 heavy (non-hydrogen) atoms. The maximum atomic E-state index is 6.11. The predicted molar refractivity (Wildman–Crippen MR) is 112 cm³/mol. The summed E-state index contributed by atoms with van der Waals surface area (Å²) in [7, 11) is 1.73. The van der Waals surface area contributed by atoms with Gasteiger partial charge in [0, 0.05) is 24.6 Å². The fourth-order valence-corrected chi connectivity index (χ4v) is 2.43. The highest BCUT2D eigenvalue weighted by Gasteiger charge is 2.21. The molecule has 0 saturated carbocycles. The van der Waals surface area contributed by atoms with Crippen LogP contribution >= 0.6 is 0 Å². The van der Waals surface area contributed by atoms with E-state index in [1.807, 2.05) is 41.5 Å². The number of nitrogens with one attached hydrogen (secondary N) is 2. The van der Waals surface area contributed by atoms with E-state index in [1.165, 1.54) is 0 Å². The third-order valence-electron chi connectivity index (χ3n) is 3.83. The number of ether oxygens (including phenoxy) is 1. The maximum Gasteiger partial charge on any atom is 0.232 e. The monoisotopic (exact) mass is 387 g/mol. The Morgan fingerprint density at radius 1 is 1.11 bits per heavy atom. The molecule has 2 N–H and O–H groups in total. The molecule has 0 saturated heterocycles. The summed E-state index contributed by atoms with van der Waals surface area (Å²) in [5.74, 6) is 2.75.